The zero-order valence-corrected chi connectivity index (χ0v) is 17.4. The Morgan fingerprint density at radius 3 is 2.57 bits per heavy atom. The van der Waals surface area contributed by atoms with Gasteiger partial charge in [-0.3, -0.25) is 19.1 Å². The summed E-state index contributed by atoms with van der Waals surface area (Å²) in [5, 5.41) is 3.52. The monoisotopic (exact) mass is 386 g/mol. The second-order valence-electron chi connectivity index (χ2n) is 8.32. The van der Waals surface area contributed by atoms with E-state index in [-0.39, 0.29) is 35.8 Å². The average Bonchev–Trinajstić information content (AvgIpc) is 2.63. The molecule has 1 N–H and O–H groups in total. The second kappa shape index (κ2) is 8.01. The average molecular weight is 386 g/mol. The smallest absolute Gasteiger partial charge is 0.261 e. The maximum absolute atomic E-state index is 12.7. The van der Waals surface area contributed by atoms with Crippen LogP contribution in [0.1, 0.15) is 33.5 Å². The number of para-hydroxylation sites is 1. The first-order valence-electron chi connectivity index (χ1n) is 9.81. The summed E-state index contributed by atoms with van der Waals surface area (Å²) >= 11 is 0. The van der Waals surface area contributed by atoms with Gasteiger partial charge in [0.25, 0.3) is 5.56 Å². The maximum Gasteiger partial charge on any atom is 0.261 e. The van der Waals surface area contributed by atoms with Gasteiger partial charge in [-0.25, -0.2) is 4.98 Å². The molecule has 1 fully saturated rings. The van der Waals surface area contributed by atoms with E-state index in [1.807, 2.05) is 6.07 Å². The number of nitrogens with one attached hydrogen (secondary N) is 1. The molecule has 0 radical (unpaired) electrons. The van der Waals surface area contributed by atoms with Crippen molar-refractivity contribution in [3.8, 4) is 0 Å². The number of morpholine rings is 1. The van der Waals surface area contributed by atoms with Crippen molar-refractivity contribution < 1.29 is 9.53 Å². The summed E-state index contributed by atoms with van der Waals surface area (Å²) in [7, 11) is 0. The summed E-state index contributed by atoms with van der Waals surface area (Å²) in [6.45, 7) is 12.3. The zero-order valence-electron chi connectivity index (χ0n) is 17.4. The largest absolute Gasteiger partial charge is 0.373 e. The summed E-state index contributed by atoms with van der Waals surface area (Å²) in [5.74, 6) is 0.346. The van der Waals surface area contributed by atoms with Crippen molar-refractivity contribution in [1.82, 2.24) is 19.8 Å². The summed E-state index contributed by atoms with van der Waals surface area (Å²) < 4.78 is 7.24. The first-order valence-corrected chi connectivity index (χ1v) is 9.81. The van der Waals surface area contributed by atoms with E-state index in [0.717, 1.165) is 13.1 Å². The van der Waals surface area contributed by atoms with E-state index in [9.17, 15) is 9.59 Å². The fourth-order valence-corrected chi connectivity index (χ4v) is 3.76. The van der Waals surface area contributed by atoms with Crippen LogP contribution in [0.4, 0.5) is 0 Å². The van der Waals surface area contributed by atoms with Crippen molar-refractivity contribution in [3.05, 3.63) is 40.4 Å². The molecule has 1 aliphatic rings. The SMILES string of the molecule is Cc1nc2ccccc2c(=O)n1CC(=O)NCC(C)(C)N1CC(C)OC(C)C1. The number of carbonyl (C=O) groups is 1. The zero-order chi connectivity index (χ0) is 20.5. The van der Waals surface area contributed by atoms with E-state index in [2.05, 4.69) is 42.9 Å². The number of aromatic nitrogens is 2. The molecule has 1 saturated heterocycles. The quantitative estimate of drug-likeness (QED) is 0.847. The van der Waals surface area contributed by atoms with Crippen molar-refractivity contribution in [2.75, 3.05) is 19.6 Å². The summed E-state index contributed by atoms with van der Waals surface area (Å²) in [4.78, 5) is 32.1. The predicted octanol–water partition coefficient (Wildman–Crippen LogP) is 1.71. The fourth-order valence-electron chi connectivity index (χ4n) is 3.76. The van der Waals surface area contributed by atoms with Gasteiger partial charge < -0.3 is 10.1 Å². The molecule has 152 valence electrons. The lowest BCUT2D eigenvalue weighted by molar-refractivity contribution is -0.123. The minimum absolute atomic E-state index is 0.0332. The molecule has 2 atom stereocenters. The number of ether oxygens (including phenoxy) is 1. The highest BCUT2D eigenvalue weighted by atomic mass is 16.5. The Labute approximate surface area is 165 Å². The third-order valence-electron chi connectivity index (χ3n) is 5.35. The molecule has 0 spiro atoms. The number of hydrogen-bond acceptors (Lipinski definition) is 5. The highest BCUT2D eigenvalue weighted by Gasteiger charge is 2.33. The van der Waals surface area contributed by atoms with Gasteiger partial charge in [0, 0.05) is 25.2 Å². The number of fused-ring (bicyclic) bond motifs is 1. The van der Waals surface area contributed by atoms with Crippen LogP contribution in [0.5, 0.6) is 0 Å². The van der Waals surface area contributed by atoms with Gasteiger partial charge in [-0.15, -0.1) is 0 Å². The lowest BCUT2D eigenvalue weighted by Crippen LogP contribution is -2.58. The molecule has 2 unspecified atom stereocenters. The molecule has 1 aromatic heterocycles. The second-order valence-corrected chi connectivity index (χ2v) is 8.32. The molecular weight excluding hydrogens is 356 g/mol. The highest BCUT2D eigenvalue weighted by Crippen LogP contribution is 2.20. The molecule has 1 aliphatic heterocycles. The van der Waals surface area contributed by atoms with Gasteiger partial charge in [0.05, 0.1) is 23.1 Å². The Morgan fingerprint density at radius 2 is 1.89 bits per heavy atom. The number of nitrogens with zero attached hydrogens (tertiary/aromatic N) is 3. The third kappa shape index (κ3) is 4.42. The molecule has 0 saturated carbocycles. The Morgan fingerprint density at radius 1 is 1.25 bits per heavy atom. The van der Waals surface area contributed by atoms with Gasteiger partial charge in [-0.2, -0.15) is 0 Å². The van der Waals surface area contributed by atoms with Crippen molar-refractivity contribution in [1.29, 1.82) is 0 Å². The van der Waals surface area contributed by atoms with E-state index in [1.165, 1.54) is 4.57 Å². The molecule has 3 rings (SSSR count). The Hall–Kier alpha value is -2.25. The van der Waals surface area contributed by atoms with Gasteiger partial charge in [-0.1, -0.05) is 12.1 Å². The van der Waals surface area contributed by atoms with Crippen LogP contribution in [-0.2, 0) is 16.1 Å². The molecule has 2 aromatic rings. The van der Waals surface area contributed by atoms with E-state index in [0.29, 0.717) is 23.3 Å². The number of hydrogen-bond donors (Lipinski definition) is 1. The Balaban J connectivity index is 1.67. The van der Waals surface area contributed by atoms with Gasteiger partial charge >= 0.3 is 0 Å². The Bertz CT molecular complexity index is 911. The van der Waals surface area contributed by atoms with Gasteiger partial charge in [0.1, 0.15) is 12.4 Å². The molecule has 0 bridgehead atoms. The van der Waals surface area contributed by atoms with Crippen LogP contribution in [0.2, 0.25) is 0 Å². The first-order chi connectivity index (χ1) is 13.2. The van der Waals surface area contributed by atoms with Crippen LogP contribution in [0.3, 0.4) is 0 Å². The molecule has 1 aromatic carbocycles. The van der Waals surface area contributed by atoms with Crippen LogP contribution in [0.15, 0.2) is 29.1 Å². The third-order valence-corrected chi connectivity index (χ3v) is 5.35. The van der Waals surface area contributed by atoms with Gasteiger partial charge in [0.15, 0.2) is 0 Å². The predicted molar refractivity (Wildman–Crippen MR) is 109 cm³/mol. The summed E-state index contributed by atoms with van der Waals surface area (Å²) in [6, 6.07) is 7.20. The molecule has 0 aliphatic carbocycles. The molecule has 2 heterocycles. The highest BCUT2D eigenvalue weighted by molar-refractivity contribution is 5.79. The normalized spacial score (nSPS) is 21.0. The molecule has 7 nitrogen and oxygen atoms in total. The minimum Gasteiger partial charge on any atom is -0.373 e. The fraction of sp³-hybridized carbons (Fsp3) is 0.571. The van der Waals surface area contributed by atoms with Gasteiger partial charge in [0.2, 0.25) is 5.91 Å². The van der Waals surface area contributed by atoms with Crippen LogP contribution in [-0.4, -0.2) is 57.7 Å². The van der Waals surface area contributed by atoms with Gasteiger partial charge in [-0.05, 0) is 46.8 Å². The van der Waals surface area contributed by atoms with Crippen LogP contribution in [0, 0.1) is 6.92 Å². The molecule has 1 amide bonds. The lowest BCUT2D eigenvalue weighted by Gasteiger charge is -2.45. The van der Waals surface area contributed by atoms with Crippen molar-refractivity contribution in [2.24, 2.45) is 0 Å². The number of aryl methyl sites for hydroxylation is 1. The number of rotatable bonds is 5. The summed E-state index contributed by atoms with van der Waals surface area (Å²) in [6.07, 6.45) is 0.340. The van der Waals surface area contributed by atoms with Crippen molar-refractivity contribution in [3.63, 3.8) is 0 Å². The van der Waals surface area contributed by atoms with E-state index in [4.69, 9.17) is 4.74 Å². The van der Waals surface area contributed by atoms with Crippen molar-refractivity contribution >= 4 is 16.8 Å². The van der Waals surface area contributed by atoms with Crippen molar-refractivity contribution in [2.45, 2.75) is 58.9 Å². The minimum atomic E-state index is -0.205. The van der Waals surface area contributed by atoms with E-state index in [1.54, 1.807) is 25.1 Å². The lowest BCUT2D eigenvalue weighted by atomic mass is 10.00. The molecule has 7 heteroatoms. The van der Waals surface area contributed by atoms with Crippen LogP contribution >= 0.6 is 0 Å². The van der Waals surface area contributed by atoms with E-state index >= 15 is 0 Å². The van der Waals surface area contributed by atoms with Crippen LogP contribution < -0.4 is 10.9 Å². The molecular formula is C21H30N4O3. The number of carbonyl (C=O) groups excluding carboxylic acids is 1. The van der Waals surface area contributed by atoms with Crippen LogP contribution in [0.25, 0.3) is 10.9 Å². The first kappa shape index (κ1) is 20.5. The number of benzene rings is 1. The Kier molecular flexibility index (Phi) is 5.86. The standard InChI is InChI=1S/C21H30N4O3/c1-14-10-24(11-15(2)28-14)21(4,5)13-22-19(26)12-25-16(3)23-18-9-7-6-8-17(18)20(25)27/h6-9,14-15H,10-13H2,1-5H3,(H,22,26). The molecule has 28 heavy (non-hydrogen) atoms. The topological polar surface area (TPSA) is 76.5 Å². The summed E-state index contributed by atoms with van der Waals surface area (Å²) in [5.41, 5.74) is 0.260. The maximum atomic E-state index is 12.7. The van der Waals surface area contributed by atoms with E-state index < -0.39 is 0 Å². The number of amides is 1.